The molecule has 0 unspecified atom stereocenters. The molecule has 2 rings (SSSR count). The lowest BCUT2D eigenvalue weighted by Gasteiger charge is -2.22. The molecule has 0 fully saturated rings. The molecule has 1 N–H and O–H groups in total. The molecule has 2 aromatic carbocycles. The first-order chi connectivity index (χ1) is 12.2. The van der Waals surface area contributed by atoms with Gasteiger partial charge in [-0.25, -0.2) is 8.42 Å². The van der Waals surface area contributed by atoms with Crippen molar-refractivity contribution in [3.05, 3.63) is 59.7 Å². The van der Waals surface area contributed by atoms with Gasteiger partial charge in [-0.3, -0.25) is 13.9 Å². The number of ketones is 1. The van der Waals surface area contributed by atoms with Gasteiger partial charge in [-0.15, -0.1) is 0 Å². The first kappa shape index (κ1) is 19.1. The summed E-state index contributed by atoms with van der Waals surface area (Å²) < 4.78 is 25.1. The van der Waals surface area contributed by atoms with Crippen LogP contribution in [0.3, 0.4) is 0 Å². The zero-order valence-corrected chi connectivity index (χ0v) is 15.1. The molecule has 1 amide bonds. The first-order valence-corrected chi connectivity index (χ1v) is 9.45. The van der Waals surface area contributed by atoms with E-state index in [1.165, 1.54) is 25.1 Å². The van der Waals surface area contributed by atoms with Crippen LogP contribution in [0.15, 0.2) is 48.5 Å². The van der Waals surface area contributed by atoms with Gasteiger partial charge in [-0.1, -0.05) is 24.3 Å². The molecule has 0 spiro atoms. The lowest BCUT2D eigenvalue weighted by molar-refractivity contribution is -0.114. The van der Waals surface area contributed by atoms with Crippen molar-refractivity contribution in [2.45, 2.75) is 6.92 Å². The van der Waals surface area contributed by atoms with E-state index in [1.807, 2.05) is 6.07 Å². The summed E-state index contributed by atoms with van der Waals surface area (Å²) in [6, 6.07) is 14.4. The number of rotatable bonds is 6. The predicted octanol–water partition coefficient (Wildman–Crippen LogP) is 2.17. The maximum absolute atomic E-state index is 12.3. The number of anilines is 2. The van der Waals surface area contributed by atoms with E-state index in [2.05, 4.69) is 5.32 Å². The van der Waals surface area contributed by atoms with Crippen molar-refractivity contribution in [3.8, 4) is 6.07 Å². The maximum atomic E-state index is 12.3. The topological polar surface area (TPSA) is 107 Å². The number of benzene rings is 2. The first-order valence-electron chi connectivity index (χ1n) is 7.60. The number of Topliss-reactive ketones (excluding diaryl/α,β-unsaturated/α-hetero) is 1. The van der Waals surface area contributed by atoms with Crippen molar-refractivity contribution in [1.82, 2.24) is 0 Å². The maximum Gasteiger partial charge on any atom is 0.245 e. The van der Waals surface area contributed by atoms with E-state index in [-0.39, 0.29) is 17.0 Å². The zero-order chi connectivity index (χ0) is 19.3. The lowest BCUT2D eigenvalue weighted by Crippen LogP contribution is -2.37. The van der Waals surface area contributed by atoms with E-state index in [0.717, 1.165) is 10.6 Å². The van der Waals surface area contributed by atoms with Crippen LogP contribution >= 0.6 is 0 Å². The number of nitrogens with zero attached hydrogens (tertiary/aromatic N) is 2. The van der Waals surface area contributed by atoms with Crippen molar-refractivity contribution >= 4 is 33.1 Å². The van der Waals surface area contributed by atoms with Gasteiger partial charge >= 0.3 is 0 Å². The molecule has 0 saturated heterocycles. The van der Waals surface area contributed by atoms with E-state index < -0.39 is 22.5 Å². The van der Waals surface area contributed by atoms with Crippen LogP contribution in [0.25, 0.3) is 0 Å². The minimum atomic E-state index is -3.79. The molecule has 7 nitrogen and oxygen atoms in total. The third-order valence-electron chi connectivity index (χ3n) is 3.53. The molecule has 0 aliphatic rings. The molecule has 0 radical (unpaired) electrons. The second-order valence-electron chi connectivity index (χ2n) is 5.58. The number of sulfonamides is 1. The Bertz CT molecular complexity index is 993. The highest BCUT2D eigenvalue weighted by molar-refractivity contribution is 7.92. The molecule has 0 atom stereocenters. The van der Waals surface area contributed by atoms with Crippen molar-refractivity contribution in [3.63, 3.8) is 0 Å². The minimum Gasteiger partial charge on any atom is -0.324 e. The van der Waals surface area contributed by atoms with Gasteiger partial charge in [0.2, 0.25) is 15.9 Å². The standard InChI is InChI=1S/C18H17N3O4S/c1-13(22)14-7-5-8-16(10-14)20-18(23)12-21(26(2,24)25)17-9-4-3-6-15(17)11-19/h3-10H,12H2,1-2H3,(H,20,23). The van der Waals surface area contributed by atoms with E-state index in [4.69, 9.17) is 0 Å². The SMILES string of the molecule is CC(=O)c1cccc(NC(=O)CN(c2ccccc2C#N)S(C)(=O)=O)c1. The molecular formula is C18H17N3O4S. The number of carbonyl (C=O) groups excluding carboxylic acids is 2. The second-order valence-corrected chi connectivity index (χ2v) is 7.49. The van der Waals surface area contributed by atoms with Crippen LogP contribution in [0.5, 0.6) is 0 Å². The molecule has 134 valence electrons. The molecule has 0 aromatic heterocycles. The monoisotopic (exact) mass is 371 g/mol. The second kappa shape index (κ2) is 7.80. The van der Waals surface area contributed by atoms with E-state index in [9.17, 15) is 23.3 Å². The Morgan fingerprint density at radius 1 is 1.15 bits per heavy atom. The highest BCUT2D eigenvalue weighted by Crippen LogP contribution is 2.22. The Hall–Kier alpha value is -3.18. The normalized spacial score (nSPS) is 10.7. The number of amides is 1. The number of nitriles is 1. The molecule has 26 heavy (non-hydrogen) atoms. The van der Waals surface area contributed by atoms with Crippen molar-refractivity contribution < 1.29 is 18.0 Å². The quantitative estimate of drug-likeness (QED) is 0.783. The molecule has 0 heterocycles. The van der Waals surface area contributed by atoms with Crippen LogP contribution in [0.2, 0.25) is 0 Å². The summed E-state index contributed by atoms with van der Waals surface area (Å²) in [5, 5.41) is 11.7. The third-order valence-corrected chi connectivity index (χ3v) is 4.66. The molecule has 0 aliphatic carbocycles. The summed E-state index contributed by atoms with van der Waals surface area (Å²) >= 11 is 0. The summed E-state index contributed by atoms with van der Waals surface area (Å²) in [6.45, 7) is 0.910. The van der Waals surface area contributed by atoms with Gasteiger partial charge in [0.1, 0.15) is 12.6 Å². The van der Waals surface area contributed by atoms with Gasteiger partial charge in [0.15, 0.2) is 5.78 Å². The van der Waals surface area contributed by atoms with Gasteiger partial charge < -0.3 is 5.32 Å². The van der Waals surface area contributed by atoms with Crippen LogP contribution in [0.4, 0.5) is 11.4 Å². The van der Waals surface area contributed by atoms with E-state index in [1.54, 1.807) is 30.3 Å². The van der Waals surface area contributed by atoms with Crippen molar-refractivity contribution in [1.29, 1.82) is 5.26 Å². The Morgan fingerprint density at radius 3 is 2.46 bits per heavy atom. The van der Waals surface area contributed by atoms with Crippen LogP contribution in [0, 0.1) is 11.3 Å². The lowest BCUT2D eigenvalue weighted by atomic mass is 10.1. The average molecular weight is 371 g/mol. The number of hydrogen-bond acceptors (Lipinski definition) is 5. The molecule has 2 aromatic rings. The summed E-state index contributed by atoms with van der Waals surface area (Å²) in [5.41, 5.74) is 1.08. The molecular weight excluding hydrogens is 354 g/mol. The molecule has 0 aliphatic heterocycles. The average Bonchev–Trinajstić information content (AvgIpc) is 2.59. The fourth-order valence-electron chi connectivity index (χ4n) is 2.31. The summed E-state index contributed by atoms with van der Waals surface area (Å²) in [6.07, 6.45) is 0.963. The number of carbonyl (C=O) groups is 2. The van der Waals surface area contributed by atoms with Crippen LogP contribution in [0.1, 0.15) is 22.8 Å². The fourth-order valence-corrected chi connectivity index (χ4v) is 3.18. The highest BCUT2D eigenvalue weighted by atomic mass is 32.2. The Morgan fingerprint density at radius 2 is 1.85 bits per heavy atom. The van der Waals surface area contributed by atoms with Crippen LogP contribution in [-0.2, 0) is 14.8 Å². The van der Waals surface area contributed by atoms with Crippen molar-refractivity contribution in [2.24, 2.45) is 0 Å². The molecule has 8 heteroatoms. The third kappa shape index (κ3) is 4.68. The number of nitrogens with one attached hydrogen (secondary N) is 1. The van der Waals surface area contributed by atoms with Crippen LogP contribution in [-0.4, -0.2) is 32.9 Å². The van der Waals surface area contributed by atoms with Gasteiger partial charge in [-0.05, 0) is 31.2 Å². The minimum absolute atomic E-state index is 0.130. The number of para-hydroxylation sites is 1. The Balaban J connectivity index is 2.27. The van der Waals surface area contributed by atoms with E-state index in [0.29, 0.717) is 11.3 Å². The van der Waals surface area contributed by atoms with Crippen molar-refractivity contribution in [2.75, 3.05) is 22.4 Å². The highest BCUT2D eigenvalue weighted by Gasteiger charge is 2.23. The summed E-state index contributed by atoms with van der Waals surface area (Å²) in [5.74, 6) is -0.745. The number of hydrogen-bond donors (Lipinski definition) is 1. The van der Waals surface area contributed by atoms with Gasteiger partial charge in [0.05, 0.1) is 17.5 Å². The summed E-state index contributed by atoms with van der Waals surface area (Å²) in [7, 11) is -3.79. The fraction of sp³-hybridized carbons (Fsp3) is 0.167. The molecule has 0 saturated carbocycles. The largest absolute Gasteiger partial charge is 0.324 e. The summed E-state index contributed by atoms with van der Waals surface area (Å²) in [4.78, 5) is 23.8. The zero-order valence-electron chi connectivity index (χ0n) is 14.3. The van der Waals surface area contributed by atoms with Gasteiger partial charge in [-0.2, -0.15) is 5.26 Å². The predicted molar refractivity (Wildman–Crippen MR) is 98.4 cm³/mol. The van der Waals surface area contributed by atoms with Gasteiger partial charge in [0, 0.05) is 11.3 Å². The Labute approximate surface area is 151 Å². The van der Waals surface area contributed by atoms with E-state index >= 15 is 0 Å². The van der Waals surface area contributed by atoms with Gasteiger partial charge in [0.25, 0.3) is 0 Å². The van der Waals surface area contributed by atoms with Crippen LogP contribution < -0.4 is 9.62 Å². The molecule has 0 bridgehead atoms. The smallest absolute Gasteiger partial charge is 0.245 e. The Kier molecular flexibility index (Phi) is 5.75.